The first-order chi connectivity index (χ1) is 12.3. The fraction of sp³-hybridized carbons (Fsp3) is 0.167. The average Bonchev–Trinajstić information content (AvgIpc) is 2.61. The Bertz CT molecular complexity index is 809. The van der Waals surface area contributed by atoms with Gasteiger partial charge in [-0.15, -0.1) is 0 Å². The number of rotatable bonds is 6. The number of carbonyl (C=O) groups excluding carboxylic acids is 3. The lowest BCUT2D eigenvalue weighted by Crippen LogP contribution is -2.35. The van der Waals surface area contributed by atoms with Gasteiger partial charge in [0.2, 0.25) is 0 Å². The first kappa shape index (κ1) is 20.1. The van der Waals surface area contributed by atoms with Crippen molar-refractivity contribution in [2.75, 3.05) is 11.9 Å². The van der Waals surface area contributed by atoms with Crippen LogP contribution in [0.25, 0.3) is 0 Å². The molecule has 2 N–H and O–H groups in total. The van der Waals surface area contributed by atoms with Crippen molar-refractivity contribution in [2.45, 2.75) is 13.0 Å². The van der Waals surface area contributed by atoms with Gasteiger partial charge in [-0.1, -0.05) is 37.9 Å². The highest BCUT2D eigenvalue weighted by Crippen LogP contribution is 2.14. The molecular formula is C18H16Br2N2O4. The molecule has 0 aliphatic rings. The molecule has 0 fully saturated rings. The highest BCUT2D eigenvalue weighted by molar-refractivity contribution is 9.10. The van der Waals surface area contributed by atoms with Crippen molar-refractivity contribution < 1.29 is 19.1 Å². The first-order valence-corrected chi connectivity index (χ1v) is 9.23. The molecule has 136 valence electrons. The van der Waals surface area contributed by atoms with Crippen LogP contribution < -0.4 is 10.6 Å². The summed E-state index contributed by atoms with van der Waals surface area (Å²) in [6.45, 7) is 1.13. The van der Waals surface area contributed by atoms with Crippen molar-refractivity contribution in [3.05, 3.63) is 63.0 Å². The molecule has 2 rings (SSSR count). The van der Waals surface area contributed by atoms with E-state index in [4.69, 9.17) is 4.74 Å². The molecule has 0 bridgehead atoms. The van der Waals surface area contributed by atoms with Crippen LogP contribution in [-0.4, -0.2) is 30.4 Å². The average molecular weight is 484 g/mol. The van der Waals surface area contributed by atoms with Crippen LogP contribution in [0.15, 0.2) is 57.5 Å². The second-order valence-corrected chi connectivity index (χ2v) is 7.15. The summed E-state index contributed by atoms with van der Waals surface area (Å²) < 4.78 is 6.67. The van der Waals surface area contributed by atoms with Crippen LogP contribution in [0.1, 0.15) is 17.3 Å². The first-order valence-electron chi connectivity index (χ1n) is 7.65. The van der Waals surface area contributed by atoms with E-state index in [9.17, 15) is 14.4 Å². The summed E-state index contributed by atoms with van der Waals surface area (Å²) in [4.78, 5) is 35.8. The molecule has 26 heavy (non-hydrogen) atoms. The van der Waals surface area contributed by atoms with Crippen LogP contribution >= 0.6 is 31.9 Å². The summed E-state index contributed by atoms with van der Waals surface area (Å²) in [5, 5.41) is 5.10. The smallest absolute Gasteiger partial charge is 0.326 e. The van der Waals surface area contributed by atoms with E-state index in [1.807, 2.05) is 0 Å². The predicted molar refractivity (Wildman–Crippen MR) is 105 cm³/mol. The number of carbonyl (C=O) groups is 3. The van der Waals surface area contributed by atoms with Gasteiger partial charge < -0.3 is 15.4 Å². The Morgan fingerprint density at radius 3 is 2.38 bits per heavy atom. The Morgan fingerprint density at radius 2 is 1.73 bits per heavy atom. The van der Waals surface area contributed by atoms with Gasteiger partial charge in [-0.2, -0.15) is 0 Å². The van der Waals surface area contributed by atoms with Crippen LogP contribution in [0.4, 0.5) is 5.69 Å². The van der Waals surface area contributed by atoms with E-state index in [-0.39, 0.29) is 6.54 Å². The molecule has 0 saturated carbocycles. The van der Waals surface area contributed by atoms with Gasteiger partial charge in [0, 0.05) is 20.2 Å². The fourth-order valence-electron chi connectivity index (χ4n) is 1.95. The van der Waals surface area contributed by atoms with Crippen LogP contribution in [0.2, 0.25) is 0 Å². The summed E-state index contributed by atoms with van der Waals surface area (Å²) in [6.07, 6.45) is -0.992. The van der Waals surface area contributed by atoms with E-state index in [0.717, 1.165) is 8.95 Å². The number of benzene rings is 2. The normalized spacial score (nSPS) is 11.3. The molecule has 0 aromatic heterocycles. The molecule has 0 aliphatic heterocycles. The van der Waals surface area contributed by atoms with E-state index >= 15 is 0 Å². The van der Waals surface area contributed by atoms with Gasteiger partial charge in [0.1, 0.15) is 6.54 Å². The maximum absolute atomic E-state index is 12.0. The highest BCUT2D eigenvalue weighted by atomic mass is 79.9. The molecule has 0 spiro atoms. The van der Waals surface area contributed by atoms with E-state index < -0.39 is 23.9 Å². The van der Waals surface area contributed by atoms with Gasteiger partial charge in [0.15, 0.2) is 6.10 Å². The van der Waals surface area contributed by atoms with Gasteiger partial charge in [-0.25, -0.2) is 0 Å². The topological polar surface area (TPSA) is 84.5 Å². The van der Waals surface area contributed by atoms with E-state index in [1.165, 1.54) is 6.92 Å². The Kier molecular flexibility index (Phi) is 7.35. The molecule has 6 nitrogen and oxygen atoms in total. The maximum atomic E-state index is 12.0. The molecule has 0 aliphatic carbocycles. The van der Waals surface area contributed by atoms with Crippen LogP contribution in [-0.2, 0) is 14.3 Å². The van der Waals surface area contributed by atoms with Gasteiger partial charge in [0.05, 0.1) is 0 Å². The Hall–Kier alpha value is -2.19. The second-order valence-electron chi connectivity index (χ2n) is 5.32. The number of esters is 1. The third kappa shape index (κ3) is 6.27. The zero-order valence-corrected chi connectivity index (χ0v) is 17.0. The van der Waals surface area contributed by atoms with Crippen molar-refractivity contribution in [3.63, 3.8) is 0 Å². The number of hydrogen-bond acceptors (Lipinski definition) is 4. The Balaban J connectivity index is 1.80. The van der Waals surface area contributed by atoms with Crippen molar-refractivity contribution >= 4 is 55.3 Å². The van der Waals surface area contributed by atoms with Crippen molar-refractivity contribution in [1.82, 2.24) is 5.32 Å². The van der Waals surface area contributed by atoms with E-state index in [0.29, 0.717) is 11.3 Å². The summed E-state index contributed by atoms with van der Waals surface area (Å²) in [6, 6.07) is 13.8. The number of halogens is 2. The molecule has 0 radical (unpaired) electrons. The van der Waals surface area contributed by atoms with Gasteiger partial charge in [0.25, 0.3) is 11.8 Å². The zero-order valence-electron chi connectivity index (χ0n) is 13.8. The predicted octanol–water partition coefficient (Wildman–Crippen LogP) is 3.51. The highest BCUT2D eigenvalue weighted by Gasteiger charge is 2.18. The summed E-state index contributed by atoms with van der Waals surface area (Å²) in [5.41, 5.74) is 0.997. The minimum absolute atomic E-state index is 0.332. The molecule has 1 atom stereocenters. The molecule has 1 unspecified atom stereocenters. The van der Waals surface area contributed by atoms with Crippen molar-refractivity contribution in [1.29, 1.82) is 0 Å². The maximum Gasteiger partial charge on any atom is 0.326 e. The molecule has 2 amide bonds. The summed E-state index contributed by atoms with van der Waals surface area (Å²) in [7, 11) is 0. The number of amides is 2. The zero-order chi connectivity index (χ0) is 19.1. The second kappa shape index (κ2) is 9.49. The van der Waals surface area contributed by atoms with E-state index in [2.05, 4.69) is 42.5 Å². The lowest BCUT2D eigenvalue weighted by molar-refractivity contribution is -0.152. The minimum Gasteiger partial charge on any atom is -0.451 e. The Labute approximate surface area is 167 Å². The summed E-state index contributed by atoms with van der Waals surface area (Å²) in [5.74, 6) is -1.57. The number of ether oxygens (including phenoxy) is 1. The molecule has 8 heteroatoms. The van der Waals surface area contributed by atoms with Crippen molar-refractivity contribution in [2.24, 2.45) is 0 Å². The monoisotopic (exact) mass is 482 g/mol. The standard InChI is InChI=1S/C18H16Br2N2O4/c1-11(17(24)22-15-7-5-13(19)6-8-15)26-16(23)10-21-18(25)12-3-2-4-14(20)9-12/h2-9,11H,10H2,1H3,(H,21,25)(H,22,24). The number of hydrogen-bond donors (Lipinski definition) is 2. The molecule has 2 aromatic rings. The molecule has 0 saturated heterocycles. The lowest BCUT2D eigenvalue weighted by Gasteiger charge is -2.14. The van der Waals surface area contributed by atoms with Gasteiger partial charge in [-0.05, 0) is 49.4 Å². The Morgan fingerprint density at radius 1 is 1.04 bits per heavy atom. The quantitative estimate of drug-likeness (QED) is 0.615. The largest absolute Gasteiger partial charge is 0.451 e. The van der Waals surface area contributed by atoms with Crippen molar-refractivity contribution in [3.8, 4) is 0 Å². The molecule has 0 heterocycles. The van der Waals surface area contributed by atoms with Crippen LogP contribution in [0.3, 0.4) is 0 Å². The van der Waals surface area contributed by atoms with Gasteiger partial charge in [-0.3, -0.25) is 14.4 Å². The van der Waals surface area contributed by atoms with Gasteiger partial charge >= 0.3 is 5.97 Å². The molecular weight excluding hydrogens is 468 g/mol. The third-order valence-corrected chi connectivity index (χ3v) is 4.29. The lowest BCUT2D eigenvalue weighted by atomic mass is 10.2. The van der Waals surface area contributed by atoms with E-state index in [1.54, 1.807) is 48.5 Å². The fourth-order valence-corrected chi connectivity index (χ4v) is 2.62. The van der Waals surface area contributed by atoms with Crippen LogP contribution in [0, 0.1) is 0 Å². The molecule has 2 aromatic carbocycles. The van der Waals surface area contributed by atoms with Crippen LogP contribution in [0.5, 0.6) is 0 Å². The number of nitrogens with one attached hydrogen (secondary N) is 2. The number of anilines is 1. The third-order valence-electron chi connectivity index (χ3n) is 3.27. The summed E-state index contributed by atoms with van der Waals surface area (Å²) >= 11 is 6.58. The minimum atomic E-state index is -0.992. The SMILES string of the molecule is CC(OC(=O)CNC(=O)c1cccc(Br)c1)C(=O)Nc1ccc(Br)cc1.